The normalized spacial score (nSPS) is 15.2. The Balaban J connectivity index is 1.64. The monoisotopic (exact) mass is 430 g/mol. The first-order chi connectivity index (χ1) is 14.3. The first-order valence-corrected chi connectivity index (χ1v) is 8.85. The summed E-state index contributed by atoms with van der Waals surface area (Å²) < 4.78 is 41.7. The van der Waals surface area contributed by atoms with Crippen molar-refractivity contribution in [1.82, 2.24) is 15.2 Å². The number of urea groups is 1. The number of H-pyrrole nitrogens is 1. The van der Waals surface area contributed by atoms with Crippen LogP contribution >= 0.6 is 11.6 Å². The second kappa shape index (κ2) is 7.24. The van der Waals surface area contributed by atoms with Crippen molar-refractivity contribution in [3.63, 3.8) is 0 Å². The Kier molecular flexibility index (Phi) is 4.72. The summed E-state index contributed by atoms with van der Waals surface area (Å²) in [7, 11) is 0. The van der Waals surface area contributed by atoms with Gasteiger partial charge < -0.3 is 10.3 Å². The lowest BCUT2D eigenvalue weighted by Gasteiger charge is -2.12. The topological polar surface area (TPSA) is 89.0 Å². The molecule has 4 rings (SSSR count). The molecule has 0 spiro atoms. The molecule has 0 aliphatic carbocycles. The molecule has 30 heavy (non-hydrogen) atoms. The predicted octanol–water partition coefficient (Wildman–Crippen LogP) is 4.20. The van der Waals surface area contributed by atoms with Gasteiger partial charge in [0.05, 0.1) is 17.1 Å². The van der Waals surface area contributed by atoms with Crippen molar-refractivity contribution in [2.45, 2.75) is 6.54 Å². The zero-order valence-corrected chi connectivity index (χ0v) is 15.6. The summed E-state index contributed by atoms with van der Waals surface area (Å²) in [6.45, 7) is -0.403. The minimum Gasteiger partial charge on any atom is -0.358 e. The van der Waals surface area contributed by atoms with Gasteiger partial charge in [-0.3, -0.25) is 9.69 Å². The van der Waals surface area contributed by atoms with E-state index in [0.29, 0.717) is 10.9 Å². The van der Waals surface area contributed by atoms with E-state index in [1.165, 1.54) is 24.4 Å². The Hall–Kier alpha value is -3.77. The van der Waals surface area contributed by atoms with Crippen molar-refractivity contribution in [3.8, 4) is 6.07 Å². The lowest BCUT2D eigenvalue weighted by atomic mass is 10.1. The van der Waals surface area contributed by atoms with Crippen LogP contribution in [-0.4, -0.2) is 21.8 Å². The summed E-state index contributed by atoms with van der Waals surface area (Å²) in [4.78, 5) is 28.3. The number of hydrogen-bond donors (Lipinski definition) is 2. The third-order valence-corrected chi connectivity index (χ3v) is 4.89. The van der Waals surface area contributed by atoms with Gasteiger partial charge in [-0.15, -0.1) is 0 Å². The Morgan fingerprint density at radius 1 is 1.17 bits per heavy atom. The number of aromatic nitrogens is 1. The summed E-state index contributed by atoms with van der Waals surface area (Å²) >= 11 is 5.75. The first kappa shape index (κ1) is 19.5. The van der Waals surface area contributed by atoms with Crippen molar-refractivity contribution in [2.75, 3.05) is 0 Å². The number of carbonyl (C=O) groups is 2. The van der Waals surface area contributed by atoms with E-state index in [1.807, 2.05) is 0 Å². The van der Waals surface area contributed by atoms with E-state index in [0.717, 1.165) is 17.0 Å². The molecule has 3 aromatic rings. The number of rotatable bonds is 3. The molecule has 3 amide bonds. The molecular weight excluding hydrogens is 421 g/mol. The van der Waals surface area contributed by atoms with Crippen molar-refractivity contribution in [2.24, 2.45) is 0 Å². The van der Waals surface area contributed by atoms with E-state index in [1.54, 1.807) is 6.07 Å². The molecule has 150 valence electrons. The molecule has 1 aromatic heterocycles. The fourth-order valence-corrected chi connectivity index (χ4v) is 3.31. The number of fused-ring (bicyclic) bond motifs is 1. The van der Waals surface area contributed by atoms with Gasteiger partial charge in [0, 0.05) is 17.1 Å². The highest BCUT2D eigenvalue weighted by atomic mass is 35.5. The van der Waals surface area contributed by atoms with E-state index in [9.17, 15) is 22.8 Å². The number of carbonyl (C=O) groups excluding carboxylic acids is 2. The zero-order chi connectivity index (χ0) is 21.6. The summed E-state index contributed by atoms with van der Waals surface area (Å²) in [5.74, 6) is -3.55. The van der Waals surface area contributed by atoms with E-state index < -0.39 is 41.5 Å². The molecule has 0 bridgehead atoms. The Morgan fingerprint density at radius 2 is 1.87 bits per heavy atom. The molecule has 0 saturated carbocycles. The third kappa shape index (κ3) is 3.17. The molecule has 2 aromatic carbocycles. The molecular formula is C20H10ClF3N4O2. The average Bonchev–Trinajstić information content (AvgIpc) is 3.21. The molecule has 0 atom stereocenters. The van der Waals surface area contributed by atoms with Gasteiger partial charge in [0.25, 0.3) is 5.91 Å². The van der Waals surface area contributed by atoms with E-state index in [-0.39, 0.29) is 21.8 Å². The first-order valence-electron chi connectivity index (χ1n) is 8.47. The Bertz CT molecular complexity index is 1290. The number of nitriles is 1. The van der Waals surface area contributed by atoms with Gasteiger partial charge in [-0.2, -0.15) is 5.26 Å². The zero-order valence-electron chi connectivity index (χ0n) is 14.9. The largest absolute Gasteiger partial charge is 0.358 e. The van der Waals surface area contributed by atoms with Gasteiger partial charge in [-0.05, 0) is 29.8 Å². The maximum absolute atomic E-state index is 14.1. The van der Waals surface area contributed by atoms with Gasteiger partial charge in [-0.1, -0.05) is 17.7 Å². The highest BCUT2D eigenvalue weighted by molar-refractivity contribution is 6.31. The minimum absolute atomic E-state index is 0.00226. The van der Waals surface area contributed by atoms with Gasteiger partial charge in [0.2, 0.25) is 0 Å². The van der Waals surface area contributed by atoms with Gasteiger partial charge in [-0.25, -0.2) is 18.0 Å². The van der Waals surface area contributed by atoms with Crippen LogP contribution in [0.25, 0.3) is 17.0 Å². The van der Waals surface area contributed by atoms with Crippen LogP contribution in [0.1, 0.15) is 16.7 Å². The van der Waals surface area contributed by atoms with E-state index in [4.69, 9.17) is 16.9 Å². The molecule has 0 radical (unpaired) electrons. The van der Waals surface area contributed by atoms with Crippen LogP contribution in [-0.2, 0) is 11.3 Å². The third-order valence-electron chi connectivity index (χ3n) is 4.59. The number of benzene rings is 2. The van der Waals surface area contributed by atoms with Crippen LogP contribution in [0.2, 0.25) is 5.02 Å². The highest BCUT2D eigenvalue weighted by Crippen LogP contribution is 2.28. The summed E-state index contributed by atoms with van der Waals surface area (Å²) in [5, 5.41) is 11.5. The van der Waals surface area contributed by atoms with Crippen LogP contribution < -0.4 is 5.32 Å². The van der Waals surface area contributed by atoms with Gasteiger partial charge >= 0.3 is 6.03 Å². The molecule has 0 unspecified atom stereocenters. The molecule has 6 nitrogen and oxygen atoms in total. The van der Waals surface area contributed by atoms with Crippen molar-refractivity contribution in [3.05, 3.63) is 75.3 Å². The van der Waals surface area contributed by atoms with Crippen molar-refractivity contribution in [1.29, 1.82) is 5.26 Å². The summed E-state index contributed by atoms with van der Waals surface area (Å²) in [5.41, 5.74) is -0.264. The number of imide groups is 1. The lowest BCUT2D eigenvalue weighted by Crippen LogP contribution is -2.30. The minimum atomic E-state index is -1.09. The standard InChI is InChI=1S/C20H10ClF3N4O2/c21-13-2-1-11-10(7-26-18(11)17(13)24)5-16-19(29)28(20(30)27-16)8-9-3-14(22)12(6-25)15(23)4-9/h1-5,7,26H,8H2,(H,27,30). The Labute approximate surface area is 172 Å². The van der Waals surface area contributed by atoms with Crippen LogP contribution in [0, 0.1) is 28.8 Å². The number of amides is 3. The van der Waals surface area contributed by atoms with Crippen LogP contribution in [0.5, 0.6) is 0 Å². The maximum atomic E-state index is 14.1. The molecule has 2 heterocycles. The molecule has 1 aliphatic heterocycles. The summed E-state index contributed by atoms with van der Waals surface area (Å²) in [6.07, 6.45) is 2.80. The second-order valence-electron chi connectivity index (χ2n) is 6.45. The predicted molar refractivity (Wildman–Crippen MR) is 101 cm³/mol. The molecule has 1 aliphatic rings. The number of nitrogens with zero attached hydrogens (tertiary/aromatic N) is 2. The SMILES string of the molecule is N#Cc1c(F)cc(CN2C(=O)NC(=Cc3c[nH]c4c(F)c(Cl)ccc34)C2=O)cc1F. The molecule has 2 N–H and O–H groups in total. The van der Waals surface area contributed by atoms with Crippen LogP contribution in [0.4, 0.5) is 18.0 Å². The van der Waals surface area contributed by atoms with Crippen molar-refractivity contribution < 1.29 is 22.8 Å². The fraction of sp³-hybridized carbons (Fsp3) is 0.0500. The van der Waals surface area contributed by atoms with Crippen LogP contribution in [0.15, 0.2) is 36.2 Å². The lowest BCUT2D eigenvalue weighted by molar-refractivity contribution is -0.123. The molecule has 10 heteroatoms. The number of aromatic amines is 1. The number of hydrogen-bond acceptors (Lipinski definition) is 3. The second-order valence-corrected chi connectivity index (χ2v) is 6.86. The van der Waals surface area contributed by atoms with Crippen molar-refractivity contribution >= 4 is 40.5 Å². The van der Waals surface area contributed by atoms with Gasteiger partial charge in [0.15, 0.2) is 5.82 Å². The number of nitrogens with one attached hydrogen (secondary N) is 2. The highest BCUT2D eigenvalue weighted by Gasteiger charge is 2.34. The van der Waals surface area contributed by atoms with E-state index >= 15 is 0 Å². The smallest absolute Gasteiger partial charge is 0.329 e. The average molecular weight is 431 g/mol. The molecule has 1 fully saturated rings. The number of halogens is 4. The fourth-order valence-electron chi connectivity index (χ4n) is 3.16. The van der Waals surface area contributed by atoms with Gasteiger partial charge in [0.1, 0.15) is 29.0 Å². The van der Waals surface area contributed by atoms with E-state index in [2.05, 4.69) is 10.3 Å². The van der Waals surface area contributed by atoms with Crippen LogP contribution in [0.3, 0.4) is 0 Å². The molecule has 1 saturated heterocycles. The Morgan fingerprint density at radius 3 is 2.53 bits per heavy atom. The maximum Gasteiger partial charge on any atom is 0.329 e. The quantitative estimate of drug-likeness (QED) is 0.482. The summed E-state index contributed by atoms with van der Waals surface area (Å²) in [6, 6.07) is 5.31.